The van der Waals surface area contributed by atoms with Crippen LogP contribution in [0.4, 0.5) is 0 Å². The zero-order chi connectivity index (χ0) is 12.0. The summed E-state index contributed by atoms with van der Waals surface area (Å²) in [7, 11) is 0. The molecule has 1 aromatic heterocycles. The molecule has 3 nitrogen and oxygen atoms in total. The van der Waals surface area contributed by atoms with Crippen LogP contribution in [0.3, 0.4) is 0 Å². The Hall–Kier alpha value is -0.840. The Morgan fingerprint density at radius 3 is 2.88 bits per heavy atom. The maximum atomic E-state index is 11.7. The number of amides is 1. The Morgan fingerprint density at radius 1 is 1.62 bits per heavy atom. The number of thiophene rings is 1. The van der Waals surface area contributed by atoms with E-state index < -0.39 is 0 Å². The van der Waals surface area contributed by atoms with E-state index in [-0.39, 0.29) is 5.91 Å². The van der Waals surface area contributed by atoms with Crippen molar-refractivity contribution < 1.29 is 4.79 Å². The number of rotatable bonds is 6. The largest absolute Gasteiger partial charge is 0.334 e. The lowest BCUT2D eigenvalue weighted by Crippen LogP contribution is -2.31. The number of carbonyl (C=O) groups is 1. The van der Waals surface area contributed by atoms with Crippen LogP contribution in [0, 0.1) is 0 Å². The zero-order valence-corrected chi connectivity index (χ0v) is 10.6. The molecular formula is C11H15ClN2OS. The molecule has 16 heavy (non-hydrogen) atoms. The normalized spacial score (nSPS) is 10.1. The first-order valence-corrected chi connectivity index (χ1v) is 6.19. The van der Waals surface area contributed by atoms with E-state index in [0.717, 1.165) is 9.21 Å². The number of nitrogens with zero attached hydrogens (tertiary/aromatic N) is 1. The average molecular weight is 259 g/mol. The van der Waals surface area contributed by atoms with Gasteiger partial charge in [0.2, 0.25) is 5.91 Å². The molecule has 0 aliphatic heterocycles. The molecule has 0 saturated heterocycles. The Kier molecular flexibility index (Phi) is 5.52. The van der Waals surface area contributed by atoms with Crippen LogP contribution in [0.1, 0.15) is 11.3 Å². The molecule has 2 N–H and O–H groups in total. The van der Waals surface area contributed by atoms with Crippen molar-refractivity contribution in [3.63, 3.8) is 0 Å². The number of nitrogens with two attached hydrogens (primary N) is 1. The summed E-state index contributed by atoms with van der Waals surface area (Å²) in [6.07, 6.45) is 2.08. The summed E-state index contributed by atoms with van der Waals surface area (Å²) in [6, 6.07) is 3.76. The Bertz CT molecular complexity index is 365. The van der Waals surface area contributed by atoms with Gasteiger partial charge in [0.15, 0.2) is 0 Å². The van der Waals surface area contributed by atoms with Gasteiger partial charge in [0.25, 0.3) is 0 Å². The van der Waals surface area contributed by atoms with Crippen molar-refractivity contribution in [1.82, 2.24) is 4.90 Å². The zero-order valence-electron chi connectivity index (χ0n) is 8.99. The van der Waals surface area contributed by atoms with E-state index in [1.54, 1.807) is 11.0 Å². The Balaban J connectivity index is 2.63. The highest BCUT2D eigenvalue weighted by molar-refractivity contribution is 7.16. The molecule has 0 spiro atoms. The third kappa shape index (κ3) is 3.96. The van der Waals surface area contributed by atoms with Crippen molar-refractivity contribution in [2.24, 2.45) is 5.73 Å². The fraction of sp³-hybridized carbons (Fsp3) is 0.364. The summed E-state index contributed by atoms with van der Waals surface area (Å²) in [6.45, 7) is 5.12. The van der Waals surface area contributed by atoms with E-state index in [1.165, 1.54) is 11.3 Å². The van der Waals surface area contributed by atoms with Crippen LogP contribution in [0.15, 0.2) is 24.8 Å². The molecule has 0 aliphatic carbocycles. The van der Waals surface area contributed by atoms with Crippen molar-refractivity contribution in [1.29, 1.82) is 0 Å². The molecule has 0 unspecified atom stereocenters. The fourth-order valence-corrected chi connectivity index (χ4v) is 2.42. The third-order valence-corrected chi connectivity index (χ3v) is 3.25. The quantitative estimate of drug-likeness (QED) is 0.796. The molecule has 0 saturated carbocycles. The SMILES string of the molecule is C=CCN(Cc1ccc(Cl)s1)C(=O)CCN. The van der Waals surface area contributed by atoms with E-state index in [9.17, 15) is 4.79 Å². The second kappa shape index (κ2) is 6.68. The van der Waals surface area contributed by atoms with Crippen molar-refractivity contribution in [3.8, 4) is 0 Å². The second-order valence-electron chi connectivity index (χ2n) is 3.31. The predicted octanol–water partition coefficient (Wildman–Crippen LogP) is 2.26. The highest BCUT2D eigenvalue weighted by Crippen LogP contribution is 2.22. The van der Waals surface area contributed by atoms with Gasteiger partial charge in [0.05, 0.1) is 10.9 Å². The van der Waals surface area contributed by atoms with E-state index in [4.69, 9.17) is 17.3 Å². The monoisotopic (exact) mass is 258 g/mol. The standard InChI is InChI=1S/C11H15ClN2OS/c1-2-7-14(11(15)5-6-13)8-9-3-4-10(12)16-9/h2-4H,1,5-8,13H2. The Labute approximate surface area is 105 Å². The number of carbonyl (C=O) groups excluding carboxylic acids is 1. The first-order valence-electron chi connectivity index (χ1n) is 5.00. The highest BCUT2D eigenvalue weighted by Gasteiger charge is 2.12. The maximum Gasteiger partial charge on any atom is 0.224 e. The first-order chi connectivity index (χ1) is 7.67. The summed E-state index contributed by atoms with van der Waals surface area (Å²) in [5.41, 5.74) is 5.37. The molecule has 0 radical (unpaired) electrons. The Morgan fingerprint density at radius 2 is 2.38 bits per heavy atom. The molecule has 1 rings (SSSR count). The van der Waals surface area contributed by atoms with Gasteiger partial charge in [-0.15, -0.1) is 17.9 Å². The molecule has 0 atom stereocenters. The van der Waals surface area contributed by atoms with Gasteiger partial charge < -0.3 is 10.6 Å². The predicted molar refractivity (Wildman–Crippen MR) is 68.6 cm³/mol. The number of hydrogen-bond donors (Lipinski definition) is 1. The minimum absolute atomic E-state index is 0.0481. The number of hydrogen-bond acceptors (Lipinski definition) is 3. The highest BCUT2D eigenvalue weighted by atomic mass is 35.5. The molecule has 88 valence electrons. The first kappa shape index (κ1) is 13.2. The molecule has 5 heteroatoms. The van der Waals surface area contributed by atoms with Crippen LogP contribution < -0.4 is 5.73 Å². The van der Waals surface area contributed by atoms with Crippen molar-refractivity contribution >= 4 is 28.8 Å². The van der Waals surface area contributed by atoms with Crippen LogP contribution in [0.2, 0.25) is 4.34 Å². The molecule has 1 heterocycles. The molecular weight excluding hydrogens is 244 g/mol. The minimum Gasteiger partial charge on any atom is -0.334 e. The smallest absolute Gasteiger partial charge is 0.224 e. The summed E-state index contributed by atoms with van der Waals surface area (Å²) >= 11 is 7.32. The summed E-state index contributed by atoms with van der Waals surface area (Å²) in [5.74, 6) is 0.0481. The van der Waals surface area contributed by atoms with Crippen LogP contribution in [-0.2, 0) is 11.3 Å². The molecule has 0 fully saturated rings. The fourth-order valence-electron chi connectivity index (χ4n) is 1.32. The van der Waals surface area contributed by atoms with Gasteiger partial charge in [0, 0.05) is 24.4 Å². The molecule has 1 amide bonds. The van der Waals surface area contributed by atoms with Gasteiger partial charge in [-0.1, -0.05) is 17.7 Å². The lowest BCUT2D eigenvalue weighted by molar-refractivity contribution is -0.131. The lowest BCUT2D eigenvalue weighted by atomic mass is 10.3. The van der Waals surface area contributed by atoms with Gasteiger partial charge in [-0.05, 0) is 12.1 Å². The average Bonchev–Trinajstić information content (AvgIpc) is 2.64. The van der Waals surface area contributed by atoms with Crippen molar-refractivity contribution in [2.75, 3.05) is 13.1 Å². The van der Waals surface area contributed by atoms with Gasteiger partial charge >= 0.3 is 0 Å². The molecule has 1 aromatic rings. The number of halogens is 1. The van der Waals surface area contributed by atoms with Gasteiger partial charge in [-0.25, -0.2) is 0 Å². The van der Waals surface area contributed by atoms with Crippen LogP contribution in [0.5, 0.6) is 0 Å². The second-order valence-corrected chi connectivity index (χ2v) is 5.11. The van der Waals surface area contributed by atoms with Crippen molar-refractivity contribution in [2.45, 2.75) is 13.0 Å². The van der Waals surface area contributed by atoms with E-state index in [0.29, 0.717) is 26.1 Å². The van der Waals surface area contributed by atoms with Crippen LogP contribution in [-0.4, -0.2) is 23.9 Å². The molecule has 0 aromatic carbocycles. The molecule has 0 bridgehead atoms. The minimum atomic E-state index is 0.0481. The topological polar surface area (TPSA) is 46.3 Å². The van der Waals surface area contributed by atoms with E-state index in [1.807, 2.05) is 12.1 Å². The van der Waals surface area contributed by atoms with E-state index >= 15 is 0 Å². The van der Waals surface area contributed by atoms with Crippen LogP contribution >= 0.6 is 22.9 Å². The van der Waals surface area contributed by atoms with E-state index in [2.05, 4.69) is 6.58 Å². The third-order valence-electron chi connectivity index (χ3n) is 2.04. The van der Waals surface area contributed by atoms with Gasteiger partial charge in [0.1, 0.15) is 0 Å². The maximum absolute atomic E-state index is 11.7. The summed E-state index contributed by atoms with van der Waals surface area (Å²) in [4.78, 5) is 14.5. The summed E-state index contributed by atoms with van der Waals surface area (Å²) in [5, 5.41) is 0. The molecule has 0 aliphatic rings. The van der Waals surface area contributed by atoms with Gasteiger partial charge in [-0.3, -0.25) is 4.79 Å². The van der Waals surface area contributed by atoms with Crippen LogP contribution in [0.25, 0.3) is 0 Å². The van der Waals surface area contributed by atoms with Gasteiger partial charge in [-0.2, -0.15) is 0 Å². The lowest BCUT2D eigenvalue weighted by Gasteiger charge is -2.20. The van der Waals surface area contributed by atoms with Crippen molar-refractivity contribution in [3.05, 3.63) is 34.0 Å². The summed E-state index contributed by atoms with van der Waals surface area (Å²) < 4.78 is 0.736.